The van der Waals surface area contributed by atoms with Crippen molar-refractivity contribution in [3.63, 3.8) is 0 Å². The van der Waals surface area contributed by atoms with Crippen molar-refractivity contribution in [3.05, 3.63) is 49.1 Å². The standard InChI is InChI=1S/2C4H5N.2B/c2*1-2-4-5-3-1;;/h2*1-5H;;. The van der Waals surface area contributed by atoms with Crippen molar-refractivity contribution in [3.8, 4) is 0 Å². The van der Waals surface area contributed by atoms with Gasteiger partial charge in [0, 0.05) is 41.6 Å². The fraction of sp³-hybridized carbons (Fsp3) is 0. The number of aromatic amines is 2. The fourth-order valence-corrected chi connectivity index (χ4v) is 0.556. The molecule has 2 N–H and O–H groups in total. The smallest absolute Gasteiger partial charge is 0.000496 e. The second kappa shape index (κ2) is 9.69. The van der Waals surface area contributed by atoms with Crippen molar-refractivity contribution in [2.24, 2.45) is 0 Å². The van der Waals surface area contributed by atoms with Crippen LogP contribution in [0.25, 0.3) is 0 Å². The summed E-state index contributed by atoms with van der Waals surface area (Å²) < 4.78 is 0. The summed E-state index contributed by atoms with van der Waals surface area (Å²) in [5.74, 6) is 0. The lowest BCUT2D eigenvalue weighted by atomic mass is 10.7. The summed E-state index contributed by atoms with van der Waals surface area (Å²) in [6, 6.07) is 7.78. The van der Waals surface area contributed by atoms with Gasteiger partial charge >= 0.3 is 0 Å². The molecule has 2 nitrogen and oxygen atoms in total. The third-order valence-electron chi connectivity index (χ3n) is 0.992. The molecular weight excluding hydrogens is 146 g/mol. The van der Waals surface area contributed by atoms with E-state index in [0.717, 1.165) is 0 Å². The van der Waals surface area contributed by atoms with E-state index in [9.17, 15) is 0 Å². The van der Waals surface area contributed by atoms with Crippen molar-refractivity contribution >= 4 is 16.8 Å². The number of hydrogen-bond acceptors (Lipinski definition) is 0. The summed E-state index contributed by atoms with van der Waals surface area (Å²) in [4.78, 5) is 5.72. The van der Waals surface area contributed by atoms with Gasteiger partial charge in [-0.2, -0.15) is 0 Å². The van der Waals surface area contributed by atoms with Crippen molar-refractivity contribution in [1.29, 1.82) is 0 Å². The van der Waals surface area contributed by atoms with Crippen molar-refractivity contribution in [1.82, 2.24) is 9.97 Å². The van der Waals surface area contributed by atoms with E-state index < -0.39 is 0 Å². The second-order valence-corrected chi connectivity index (χ2v) is 1.77. The van der Waals surface area contributed by atoms with Gasteiger partial charge in [-0.3, -0.25) is 0 Å². The van der Waals surface area contributed by atoms with Gasteiger partial charge < -0.3 is 9.97 Å². The summed E-state index contributed by atoms with van der Waals surface area (Å²) in [5.41, 5.74) is 0. The Labute approximate surface area is 76.6 Å². The van der Waals surface area contributed by atoms with Gasteiger partial charge in [0.25, 0.3) is 0 Å². The number of H-pyrrole nitrogens is 2. The van der Waals surface area contributed by atoms with E-state index in [1.54, 1.807) is 0 Å². The molecule has 0 saturated heterocycles. The average Bonchev–Trinajstić information content (AvgIpc) is 2.67. The van der Waals surface area contributed by atoms with Gasteiger partial charge in [0.15, 0.2) is 0 Å². The molecule has 0 saturated carbocycles. The Bertz CT molecular complexity index is 154. The van der Waals surface area contributed by atoms with Crippen LogP contribution in [-0.4, -0.2) is 26.8 Å². The van der Waals surface area contributed by atoms with Crippen molar-refractivity contribution in [2.75, 3.05) is 0 Å². The molecule has 0 unspecified atom stereocenters. The molecule has 0 bridgehead atoms. The van der Waals surface area contributed by atoms with Crippen LogP contribution in [0.2, 0.25) is 0 Å². The molecule has 4 heteroatoms. The molecule has 2 aromatic rings. The summed E-state index contributed by atoms with van der Waals surface area (Å²) in [7, 11) is 0. The van der Waals surface area contributed by atoms with E-state index >= 15 is 0 Å². The topological polar surface area (TPSA) is 31.6 Å². The van der Waals surface area contributed by atoms with E-state index in [-0.39, 0.29) is 16.8 Å². The number of hydrogen-bond donors (Lipinski definition) is 2. The quantitative estimate of drug-likeness (QED) is 0.538. The van der Waals surface area contributed by atoms with Crippen LogP contribution >= 0.6 is 0 Å². The lowest BCUT2D eigenvalue weighted by molar-refractivity contribution is 1.41. The summed E-state index contributed by atoms with van der Waals surface area (Å²) in [6.07, 6.45) is 7.50. The zero-order valence-electron chi connectivity index (χ0n) is 6.77. The molecule has 0 amide bonds. The van der Waals surface area contributed by atoms with Crippen LogP contribution in [0.1, 0.15) is 0 Å². The molecule has 0 fully saturated rings. The predicted molar refractivity (Wildman–Crippen MR) is 53.1 cm³/mol. The third kappa shape index (κ3) is 6.80. The highest BCUT2D eigenvalue weighted by molar-refractivity contribution is 5.76. The van der Waals surface area contributed by atoms with Gasteiger partial charge in [0.1, 0.15) is 0 Å². The van der Waals surface area contributed by atoms with Gasteiger partial charge in [-0.1, -0.05) is 0 Å². The zero-order chi connectivity index (χ0) is 7.07. The summed E-state index contributed by atoms with van der Waals surface area (Å²) in [5, 5.41) is 0. The highest BCUT2D eigenvalue weighted by Gasteiger charge is 1.56. The lowest BCUT2D eigenvalue weighted by Crippen LogP contribution is -1.38. The molecule has 12 heavy (non-hydrogen) atoms. The third-order valence-corrected chi connectivity index (χ3v) is 0.992. The maximum atomic E-state index is 2.86. The monoisotopic (exact) mass is 156 g/mol. The maximum Gasteiger partial charge on any atom is 0.000496 e. The predicted octanol–water partition coefficient (Wildman–Crippen LogP) is 1.27. The molecule has 2 rings (SSSR count). The SMILES string of the molecule is [B].[B].c1cc[nH]c1.c1cc[nH]c1. The number of rotatable bonds is 0. The molecular formula is C8H10B2N2. The molecule has 2 heterocycles. The van der Waals surface area contributed by atoms with Crippen LogP contribution in [0.3, 0.4) is 0 Å². The van der Waals surface area contributed by atoms with E-state index in [0.29, 0.717) is 0 Å². The van der Waals surface area contributed by atoms with Gasteiger partial charge in [0.2, 0.25) is 0 Å². The first-order valence-corrected chi connectivity index (χ1v) is 3.15. The molecule has 6 radical (unpaired) electrons. The summed E-state index contributed by atoms with van der Waals surface area (Å²) in [6.45, 7) is 0. The van der Waals surface area contributed by atoms with Crippen LogP contribution < -0.4 is 0 Å². The van der Waals surface area contributed by atoms with Gasteiger partial charge in [-0.05, 0) is 24.3 Å². The molecule has 2 aromatic heterocycles. The van der Waals surface area contributed by atoms with Crippen LogP contribution in [-0.2, 0) is 0 Å². The van der Waals surface area contributed by atoms with E-state index in [1.165, 1.54) is 0 Å². The first-order chi connectivity index (χ1) is 5.00. The Balaban J connectivity index is 0. The first kappa shape index (κ1) is 13.3. The molecule has 58 valence electrons. The molecule has 0 aromatic carbocycles. The van der Waals surface area contributed by atoms with E-state index in [1.807, 2.05) is 49.1 Å². The van der Waals surface area contributed by atoms with Crippen LogP contribution in [0, 0.1) is 0 Å². The van der Waals surface area contributed by atoms with Gasteiger partial charge in [-0.15, -0.1) is 0 Å². The lowest BCUT2D eigenvalue weighted by Gasteiger charge is -1.49. The highest BCUT2D eigenvalue weighted by Crippen LogP contribution is 1.72. The Morgan fingerprint density at radius 2 is 0.750 bits per heavy atom. The van der Waals surface area contributed by atoms with Crippen LogP contribution in [0.15, 0.2) is 49.1 Å². The minimum absolute atomic E-state index is 0. The van der Waals surface area contributed by atoms with Gasteiger partial charge in [-0.25, -0.2) is 0 Å². The Morgan fingerprint density at radius 3 is 0.833 bits per heavy atom. The highest BCUT2D eigenvalue weighted by atomic mass is 14.6. The minimum Gasteiger partial charge on any atom is -0.368 e. The Morgan fingerprint density at radius 1 is 0.500 bits per heavy atom. The zero-order valence-corrected chi connectivity index (χ0v) is 6.77. The number of aromatic nitrogens is 2. The molecule has 0 aliphatic rings. The van der Waals surface area contributed by atoms with Crippen LogP contribution in [0.4, 0.5) is 0 Å². The molecule has 0 aliphatic heterocycles. The van der Waals surface area contributed by atoms with Crippen LogP contribution in [0.5, 0.6) is 0 Å². The van der Waals surface area contributed by atoms with Gasteiger partial charge in [0.05, 0.1) is 0 Å². The fourth-order valence-electron chi connectivity index (χ4n) is 0.556. The maximum absolute atomic E-state index is 2.86. The van der Waals surface area contributed by atoms with E-state index in [4.69, 9.17) is 0 Å². The van der Waals surface area contributed by atoms with E-state index in [2.05, 4.69) is 9.97 Å². The summed E-state index contributed by atoms with van der Waals surface area (Å²) >= 11 is 0. The normalized spacial score (nSPS) is 6.67. The van der Waals surface area contributed by atoms with Crippen molar-refractivity contribution in [2.45, 2.75) is 0 Å². The molecule has 0 aliphatic carbocycles. The number of nitrogens with one attached hydrogen (secondary N) is 2. The second-order valence-electron chi connectivity index (χ2n) is 1.77. The Hall–Kier alpha value is -1.31. The Kier molecular flexibility index (Phi) is 10.7. The molecule has 0 spiro atoms. The first-order valence-electron chi connectivity index (χ1n) is 3.15. The minimum atomic E-state index is 0. The van der Waals surface area contributed by atoms with Crippen molar-refractivity contribution < 1.29 is 0 Å². The molecule has 0 atom stereocenters. The largest absolute Gasteiger partial charge is 0.368 e. The average molecular weight is 156 g/mol.